The number of benzene rings is 2. The molecular weight excluding hydrogens is 384 g/mol. The molecule has 2 aromatic rings. The van der Waals surface area contributed by atoms with E-state index >= 15 is 0 Å². The van der Waals surface area contributed by atoms with E-state index in [0.717, 1.165) is 35.4 Å². The van der Waals surface area contributed by atoms with Gasteiger partial charge < -0.3 is 14.6 Å². The number of rotatable bonds is 10. The van der Waals surface area contributed by atoms with Gasteiger partial charge in [-0.05, 0) is 17.5 Å². The van der Waals surface area contributed by atoms with Crippen molar-refractivity contribution in [3.8, 4) is 0 Å². The molecule has 1 atom stereocenters. The fraction of sp³-hybridized carbons (Fsp3) is 0.391. The van der Waals surface area contributed by atoms with Gasteiger partial charge in [0.15, 0.2) is 0 Å². The summed E-state index contributed by atoms with van der Waals surface area (Å²) in [7, 11) is 0. The summed E-state index contributed by atoms with van der Waals surface area (Å²) in [5, 5.41) is 10.8. The Hall–Kier alpha value is -3.06. The lowest BCUT2D eigenvalue weighted by atomic mass is 10.1. The lowest BCUT2D eigenvalue weighted by molar-refractivity contribution is 0.0294. The molecule has 7 nitrogen and oxygen atoms in total. The minimum atomic E-state index is -0.788. The van der Waals surface area contributed by atoms with E-state index in [2.05, 4.69) is 12.3 Å². The highest BCUT2D eigenvalue weighted by atomic mass is 16.6. The maximum Gasteiger partial charge on any atom is 0.429 e. The van der Waals surface area contributed by atoms with E-state index in [4.69, 9.17) is 9.47 Å². The Kier molecular flexibility index (Phi) is 10.2. The smallest absolute Gasteiger partial charge is 0.429 e. The van der Waals surface area contributed by atoms with Crippen LogP contribution in [0.15, 0.2) is 60.7 Å². The van der Waals surface area contributed by atoms with Crippen LogP contribution < -0.4 is 5.43 Å². The fourth-order valence-corrected chi connectivity index (χ4v) is 2.86. The normalized spacial score (nSPS) is 11.4. The van der Waals surface area contributed by atoms with E-state index in [1.165, 1.54) is 0 Å². The maximum absolute atomic E-state index is 12.7. The zero-order chi connectivity index (χ0) is 21.6. The molecule has 0 heterocycles. The van der Waals surface area contributed by atoms with Crippen LogP contribution in [-0.2, 0) is 22.7 Å². The Balaban J connectivity index is 1.99. The molecule has 0 saturated heterocycles. The van der Waals surface area contributed by atoms with Crippen LogP contribution in [0.4, 0.5) is 9.59 Å². The molecule has 162 valence electrons. The van der Waals surface area contributed by atoms with Gasteiger partial charge in [-0.25, -0.2) is 20.0 Å². The lowest BCUT2D eigenvalue weighted by Crippen LogP contribution is -2.53. The van der Waals surface area contributed by atoms with E-state index in [9.17, 15) is 14.7 Å². The molecule has 0 aliphatic rings. The quantitative estimate of drug-likeness (QED) is 0.444. The molecule has 2 N–H and O–H groups in total. The van der Waals surface area contributed by atoms with Crippen molar-refractivity contribution in [2.45, 2.75) is 51.9 Å². The first-order valence-corrected chi connectivity index (χ1v) is 10.2. The first kappa shape index (κ1) is 23.2. The molecule has 0 saturated carbocycles. The lowest BCUT2D eigenvalue weighted by Gasteiger charge is -2.29. The predicted molar refractivity (Wildman–Crippen MR) is 113 cm³/mol. The van der Waals surface area contributed by atoms with Gasteiger partial charge in [-0.1, -0.05) is 86.8 Å². The second kappa shape index (κ2) is 13.2. The highest BCUT2D eigenvalue weighted by Crippen LogP contribution is 2.12. The third-order valence-corrected chi connectivity index (χ3v) is 4.54. The second-order valence-electron chi connectivity index (χ2n) is 6.92. The molecule has 0 spiro atoms. The summed E-state index contributed by atoms with van der Waals surface area (Å²) in [4.78, 5) is 25.0. The summed E-state index contributed by atoms with van der Waals surface area (Å²) >= 11 is 0. The minimum absolute atomic E-state index is 0.0595. The van der Waals surface area contributed by atoms with Crippen molar-refractivity contribution < 1.29 is 24.2 Å². The van der Waals surface area contributed by atoms with E-state index < -0.39 is 18.2 Å². The molecule has 0 radical (unpaired) electrons. The molecule has 2 aromatic carbocycles. The summed E-state index contributed by atoms with van der Waals surface area (Å²) in [6.45, 7) is 1.89. The molecule has 2 rings (SSSR count). The van der Waals surface area contributed by atoms with E-state index in [-0.39, 0.29) is 19.8 Å². The minimum Gasteiger partial charge on any atom is -0.443 e. The molecule has 0 aliphatic heterocycles. The van der Waals surface area contributed by atoms with Gasteiger partial charge in [-0.15, -0.1) is 0 Å². The average Bonchev–Trinajstić information content (AvgIpc) is 2.79. The Morgan fingerprint density at radius 2 is 1.50 bits per heavy atom. The molecule has 0 aromatic heterocycles. The highest BCUT2D eigenvalue weighted by molar-refractivity contribution is 5.74. The van der Waals surface area contributed by atoms with Crippen molar-refractivity contribution in [1.29, 1.82) is 0 Å². The van der Waals surface area contributed by atoms with Crippen molar-refractivity contribution in [1.82, 2.24) is 10.4 Å². The number of nitrogens with one attached hydrogen (secondary N) is 1. The van der Waals surface area contributed by atoms with Crippen LogP contribution in [0.5, 0.6) is 0 Å². The van der Waals surface area contributed by atoms with Crippen LogP contribution >= 0.6 is 0 Å². The van der Waals surface area contributed by atoms with E-state index in [1.54, 1.807) is 0 Å². The standard InChI is InChI=1S/C23H30N2O5/c1-2-3-6-15-21(16-26)25(23(28)30-18-20-13-9-5-10-14-20)24-22(27)29-17-19-11-7-4-8-12-19/h4-5,7-14,21,26H,2-3,6,15-18H2,1H3,(H,24,27)/t21-/m0/s1. The Labute approximate surface area is 177 Å². The first-order valence-electron chi connectivity index (χ1n) is 10.2. The Morgan fingerprint density at radius 1 is 0.933 bits per heavy atom. The number of nitrogens with zero attached hydrogens (tertiary/aromatic N) is 1. The number of aliphatic hydroxyl groups excluding tert-OH is 1. The largest absolute Gasteiger partial charge is 0.443 e. The third kappa shape index (κ3) is 8.13. The number of hydrogen-bond acceptors (Lipinski definition) is 5. The first-order chi connectivity index (χ1) is 14.6. The molecule has 2 amide bonds. The number of ether oxygens (including phenoxy) is 2. The van der Waals surface area contributed by atoms with Gasteiger partial charge in [0.2, 0.25) is 0 Å². The van der Waals surface area contributed by atoms with Crippen molar-refractivity contribution >= 4 is 12.2 Å². The zero-order valence-electron chi connectivity index (χ0n) is 17.3. The SMILES string of the molecule is CCCCC[C@@H](CO)N(NC(=O)OCc1ccccc1)C(=O)OCc1ccccc1. The van der Waals surface area contributed by atoms with Gasteiger partial charge in [0, 0.05) is 0 Å². The van der Waals surface area contributed by atoms with Gasteiger partial charge in [-0.3, -0.25) is 0 Å². The van der Waals surface area contributed by atoms with Gasteiger partial charge >= 0.3 is 12.2 Å². The second-order valence-corrected chi connectivity index (χ2v) is 6.92. The van der Waals surface area contributed by atoms with Crippen molar-refractivity contribution in [2.24, 2.45) is 0 Å². The van der Waals surface area contributed by atoms with E-state index in [0.29, 0.717) is 6.42 Å². The monoisotopic (exact) mass is 414 g/mol. The fourth-order valence-electron chi connectivity index (χ4n) is 2.86. The summed E-state index contributed by atoms with van der Waals surface area (Å²) in [6, 6.07) is 17.9. The van der Waals surface area contributed by atoms with Gasteiger partial charge in [0.05, 0.1) is 12.6 Å². The van der Waals surface area contributed by atoms with Gasteiger partial charge in [0.25, 0.3) is 0 Å². The highest BCUT2D eigenvalue weighted by Gasteiger charge is 2.27. The Bertz CT molecular complexity index is 755. The van der Waals surface area contributed by atoms with Crippen molar-refractivity contribution in [3.05, 3.63) is 71.8 Å². The molecule has 0 aliphatic carbocycles. The summed E-state index contributed by atoms with van der Waals surface area (Å²) < 4.78 is 10.6. The van der Waals surface area contributed by atoms with Gasteiger partial charge in [0.1, 0.15) is 13.2 Å². The summed E-state index contributed by atoms with van der Waals surface area (Å²) in [6.07, 6.45) is 1.77. The molecule has 0 bridgehead atoms. The number of unbranched alkanes of at least 4 members (excludes halogenated alkanes) is 2. The van der Waals surface area contributed by atoms with Crippen LogP contribution in [0, 0.1) is 0 Å². The molecule has 30 heavy (non-hydrogen) atoms. The number of aliphatic hydroxyl groups is 1. The number of carbonyl (C=O) groups excluding carboxylic acids is 2. The Morgan fingerprint density at radius 3 is 2.03 bits per heavy atom. The summed E-state index contributed by atoms with van der Waals surface area (Å²) in [5.41, 5.74) is 4.09. The molecule has 0 unspecified atom stereocenters. The van der Waals surface area contributed by atoms with Crippen LogP contribution in [-0.4, -0.2) is 35.0 Å². The molecular formula is C23H30N2O5. The predicted octanol–water partition coefficient (Wildman–Crippen LogP) is 4.41. The topological polar surface area (TPSA) is 88.1 Å². The molecule has 7 heteroatoms. The summed E-state index contributed by atoms with van der Waals surface area (Å²) in [5.74, 6) is 0. The third-order valence-electron chi connectivity index (χ3n) is 4.54. The number of hydrazine groups is 1. The average molecular weight is 415 g/mol. The number of amides is 2. The van der Waals surface area contributed by atoms with E-state index in [1.807, 2.05) is 60.7 Å². The molecule has 0 fully saturated rings. The van der Waals surface area contributed by atoms with Crippen LogP contribution in [0.1, 0.15) is 43.7 Å². The number of carbonyl (C=O) groups is 2. The van der Waals surface area contributed by atoms with Crippen LogP contribution in [0.25, 0.3) is 0 Å². The van der Waals surface area contributed by atoms with Crippen LogP contribution in [0.2, 0.25) is 0 Å². The van der Waals surface area contributed by atoms with Crippen LogP contribution in [0.3, 0.4) is 0 Å². The number of hydrogen-bond donors (Lipinski definition) is 2. The zero-order valence-corrected chi connectivity index (χ0v) is 17.3. The van der Waals surface area contributed by atoms with Crippen molar-refractivity contribution in [2.75, 3.05) is 6.61 Å². The maximum atomic E-state index is 12.7. The van der Waals surface area contributed by atoms with Crippen molar-refractivity contribution in [3.63, 3.8) is 0 Å². The van der Waals surface area contributed by atoms with Gasteiger partial charge in [-0.2, -0.15) is 0 Å².